The number of hydrogen-bond acceptors (Lipinski definition) is 7. The summed E-state index contributed by atoms with van der Waals surface area (Å²) in [5.74, 6) is 2.25. The fraction of sp³-hybridized carbons (Fsp3) is 0.677. The van der Waals surface area contributed by atoms with E-state index in [1.165, 1.54) is 5.57 Å². The number of rotatable bonds is 9. The molecule has 8 nitrogen and oxygen atoms in total. The van der Waals surface area contributed by atoms with E-state index in [0.717, 1.165) is 50.2 Å². The highest BCUT2D eigenvalue weighted by Gasteiger charge is 2.38. The van der Waals surface area contributed by atoms with Crippen molar-refractivity contribution in [2.45, 2.75) is 83.6 Å². The number of allylic oxidation sites excluding steroid dienone is 4. The lowest BCUT2D eigenvalue weighted by Crippen LogP contribution is -2.43. The lowest BCUT2D eigenvalue weighted by molar-refractivity contribution is 0.0581. The van der Waals surface area contributed by atoms with Gasteiger partial charge in [0.15, 0.2) is 17.0 Å². The number of ether oxygens (including phenoxy) is 2. The van der Waals surface area contributed by atoms with Gasteiger partial charge in [-0.3, -0.25) is 0 Å². The Balaban J connectivity index is 1.49. The van der Waals surface area contributed by atoms with Gasteiger partial charge in [-0.1, -0.05) is 57.2 Å². The lowest BCUT2D eigenvalue weighted by Gasteiger charge is -2.37. The molecule has 2 aliphatic heterocycles. The molecule has 0 spiro atoms. The maximum atomic E-state index is 12.1. The Bertz CT molecular complexity index is 1120. The first kappa shape index (κ1) is 30.7. The highest BCUT2D eigenvalue weighted by molar-refractivity contribution is 7.80. The summed E-state index contributed by atoms with van der Waals surface area (Å²) in [6.07, 6.45) is 12.9. The van der Waals surface area contributed by atoms with E-state index in [1.807, 2.05) is 13.0 Å². The van der Waals surface area contributed by atoms with Gasteiger partial charge in [-0.25, -0.2) is 9.20 Å². The molecule has 2 heterocycles. The molecule has 0 bridgehead atoms. The Morgan fingerprint density at radius 2 is 2.05 bits per heavy atom. The van der Waals surface area contributed by atoms with Crippen LogP contribution < -0.4 is 11.1 Å². The zero-order valence-electron chi connectivity index (χ0n) is 24.8. The first-order valence-electron chi connectivity index (χ1n) is 14.8. The van der Waals surface area contributed by atoms with E-state index in [4.69, 9.17) is 20.2 Å². The van der Waals surface area contributed by atoms with Crippen molar-refractivity contribution in [3.8, 4) is 0 Å². The molecule has 222 valence electrons. The van der Waals surface area contributed by atoms with Gasteiger partial charge in [-0.05, 0) is 69.3 Å². The van der Waals surface area contributed by atoms with Crippen molar-refractivity contribution in [2.75, 3.05) is 19.8 Å². The molecule has 4 rings (SSSR count). The average Bonchev–Trinajstić information content (AvgIpc) is 2.91. The second-order valence-corrected chi connectivity index (χ2v) is 13.9. The van der Waals surface area contributed by atoms with Crippen molar-refractivity contribution < 1.29 is 18.2 Å². The molecule has 0 aromatic rings. The van der Waals surface area contributed by atoms with Crippen LogP contribution in [0.2, 0.25) is 0 Å². The summed E-state index contributed by atoms with van der Waals surface area (Å²) in [7, 11) is 0. The molecule has 40 heavy (non-hydrogen) atoms. The van der Waals surface area contributed by atoms with Crippen molar-refractivity contribution >= 4 is 22.9 Å². The first-order chi connectivity index (χ1) is 19.0. The molecule has 8 atom stereocenters. The van der Waals surface area contributed by atoms with E-state index in [1.54, 1.807) is 0 Å². The van der Waals surface area contributed by atoms with E-state index < -0.39 is 15.8 Å². The highest BCUT2D eigenvalue weighted by Crippen LogP contribution is 2.38. The number of nitrogens with one attached hydrogen (secondary N) is 1. The topological polar surface area (TPSA) is 119 Å². The third-order valence-electron chi connectivity index (χ3n) is 9.22. The van der Waals surface area contributed by atoms with Crippen molar-refractivity contribution in [1.82, 2.24) is 5.32 Å². The van der Waals surface area contributed by atoms with Crippen molar-refractivity contribution in [3.05, 3.63) is 47.7 Å². The van der Waals surface area contributed by atoms with Crippen LogP contribution in [0, 0.1) is 29.6 Å². The molecular weight excluding hydrogens is 524 g/mol. The molecule has 9 heteroatoms. The van der Waals surface area contributed by atoms with Gasteiger partial charge in [0.25, 0.3) is 0 Å². The van der Waals surface area contributed by atoms with Crippen LogP contribution in [0.25, 0.3) is 0 Å². The largest absolute Gasteiger partial charge is 0.478 e. The third kappa shape index (κ3) is 7.15. The molecule has 1 saturated heterocycles. The van der Waals surface area contributed by atoms with Crippen molar-refractivity contribution in [2.24, 2.45) is 45.3 Å². The zero-order valence-corrected chi connectivity index (χ0v) is 25.6. The summed E-state index contributed by atoms with van der Waals surface area (Å²) in [5, 5.41) is 3.65. The Morgan fingerprint density at radius 3 is 2.73 bits per heavy atom. The zero-order chi connectivity index (χ0) is 29.0. The molecule has 5 unspecified atom stereocenters. The van der Waals surface area contributed by atoms with Gasteiger partial charge in [0.2, 0.25) is 5.96 Å². The molecule has 0 saturated carbocycles. The minimum absolute atomic E-state index is 0.0110. The van der Waals surface area contributed by atoms with Gasteiger partial charge in [-0.2, -0.15) is 4.99 Å². The van der Waals surface area contributed by atoms with Gasteiger partial charge in [-0.15, -0.1) is 0 Å². The highest BCUT2D eigenvalue weighted by atomic mass is 32.2. The molecule has 2 aliphatic carbocycles. The SMILES string of the molecule is C=C(NC(COC1=NC(N)=NC([C@H]2C(C)=CC=CC2C)[C@H]1C)CC1CCOCC1)C1=C[C@](C)(S(=O)O)CCC1C. The fourth-order valence-electron chi connectivity index (χ4n) is 6.61. The first-order valence-corrected chi connectivity index (χ1v) is 15.9. The molecule has 0 amide bonds. The van der Waals surface area contributed by atoms with Gasteiger partial charge in [0.05, 0.1) is 22.7 Å². The normalized spacial score (nSPS) is 34.6. The van der Waals surface area contributed by atoms with E-state index in [9.17, 15) is 8.76 Å². The summed E-state index contributed by atoms with van der Waals surface area (Å²) in [6, 6.07) is -0.0473. The van der Waals surface area contributed by atoms with Gasteiger partial charge >= 0.3 is 0 Å². The molecular formula is C31H48N4O4S. The van der Waals surface area contributed by atoms with E-state index >= 15 is 0 Å². The summed E-state index contributed by atoms with van der Waals surface area (Å²) >= 11 is -1.94. The lowest BCUT2D eigenvalue weighted by atomic mass is 9.74. The molecule has 0 radical (unpaired) electrons. The fourth-order valence-corrected chi connectivity index (χ4v) is 7.13. The second-order valence-electron chi connectivity index (χ2n) is 12.4. The number of nitrogens with zero attached hydrogens (tertiary/aromatic N) is 2. The Hall–Kier alpha value is -2.23. The van der Waals surface area contributed by atoms with Crippen LogP contribution in [0.1, 0.15) is 66.7 Å². The maximum absolute atomic E-state index is 12.1. The van der Waals surface area contributed by atoms with E-state index in [0.29, 0.717) is 30.8 Å². The standard InChI is InChI=1S/C31H48N4O4S/c1-19-10-13-31(6,40(36)37)17-26(19)23(5)33-25(16-24-11-14-38-15-12-24)18-39-29-22(4)28(34-30(32)35-29)27-20(2)8-7-9-21(27)3/h7-9,17,19-20,22,24-25,27-28,33H,5,10-16,18H2,1-4,6H3,(H2,32,34)(H,36,37)/t19?,20?,22-,25?,27-,28?,31-/m1/s1. The Labute approximate surface area is 242 Å². The number of nitrogens with two attached hydrogens (primary N) is 1. The maximum Gasteiger partial charge on any atom is 0.218 e. The molecule has 1 fully saturated rings. The van der Waals surface area contributed by atoms with Gasteiger partial charge < -0.3 is 25.1 Å². The predicted molar refractivity (Wildman–Crippen MR) is 163 cm³/mol. The molecule has 4 N–H and O–H groups in total. The van der Waals surface area contributed by atoms with Crippen molar-refractivity contribution in [3.63, 3.8) is 0 Å². The quantitative estimate of drug-likeness (QED) is 0.330. The van der Waals surface area contributed by atoms with Crippen molar-refractivity contribution in [1.29, 1.82) is 0 Å². The average molecular weight is 573 g/mol. The van der Waals surface area contributed by atoms with Crippen LogP contribution in [-0.4, -0.2) is 57.3 Å². The number of aliphatic imine (C=N–C) groups is 2. The van der Waals surface area contributed by atoms with E-state index in [-0.39, 0.29) is 35.8 Å². The second kappa shape index (κ2) is 13.2. The van der Waals surface area contributed by atoms with Crippen LogP contribution in [0.4, 0.5) is 0 Å². The Kier molecular flexibility index (Phi) is 10.1. The number of guanidine groups is 1. The van der Waals surface area contributed by atoms with Crippen LogP contribution in [0.5, 0.6) is 0 Å². The molecule has 0 aromatic heterocycles. The molecule has 0 aromatic carbocycles. The van der Waals surface area contributed by atoms with Gasteiger partial charge in [0.1, 0.15) is 6.61 Å². The van der Waals surface area contributed by atoms with E-state index in [2.05, 4.69) is 62.8 Å². The third-order valence-corrected chi connectivity index (χ3v) is 10.3. The summed E-state index contributed by atoms with van der Waals surface area (Å²) in [5.41, 5.74) is 9.33. The minimum atomic E-state index is -1.94. The van der Waals surface area contributed by atoms with Crippen LogP contribution in [0.15, 0.2) is 57.7 Å². The van der Waals surface area contributed by atoms with Crippen LogP contribution >= 0.6 is 0 Å². The summed E-state index contributed by atoms with van der Waals surface area (Å²) in [6.45, 7) is 16.9. The monoisotopic (exact) mass is 572 g/mol. The predicted octanol–water partition coefficient (Wildman–Crippen LogP) is 5.13. The minimum Gasteiger partial charge on any atom is -0.478 e. The molecule has 4 aliphatic rings. The van der Waals surface area contributed by atoms with Crippen LogP contribution in [0.3, 0.4) is 0 Å². The van der Waals surface area contributed by atoms with Gasteiger partial charge in [0, 0.05) is 24.8 Å². The Morgan fingerprint density at radius 1 is 1.32 bits per heavy atom. The summed E-state index contributed by atoms with van der Waals surface area (Å²) in [4.78, 5) is 9.30. The smallest absolute Gasteiger partial charge is 0.218 e. The van der Waals surface area contributed by atoms with Crippen LogP contribution in [-0.2, 0) is 20.6 Å². The number of hydrogen-bond donors (Lipinski definition) is 3. The summed E-state index contributed by atoms with van der Waals surface area (Å²) < 4.78 is 33.3.